The van der Waals surface area contributed by atoms with E-state index in [0.29, 0.717) is 16.9 Å². The van der Waals surface area contributed by atoms with E-state index in [0.717, 1.165) is 11.1 Å². The van der Waals surface area contributed by atoms with Gasteiger partial charge in [0.1, 0.15) is 0 Å². The highest BCUT2D eigenvalue weighted by atomic mass is 32.2. The Morgan fingerprint density at radius 3 is 2.45 bits per heavy atom. The molecule has 4 nitrogen and oxygen atoms in total. The molecule has 0 atom stereocenters. The number of nitrogen functional groups attached to an aromatic ring is 1. The summed E-state index contributed by atoms with van der Waals surface area (Å²) in [6, 6.07) is 12.6. The molecule has 0 radical (unpaired) electrons. The van der Waals surface area contributed by atoms with Crippen molar-refractivity contribution in [2.24, 2.45) is 0 Å². The van der Waals surface area contributed by atoms with Crippen molar-refractivity contribution >= 4 is 21.4 Å². The monoisotopic (exact) mass is 290 g/mol. The number of rotatable bonds is 4. The highest BCUT2D eigenvalue weighted by Gasteiger charge is 2.14. The highest BCUT2D eigenvalue weighted by Crippen LogP contribution is 2.20. The summed E-state index contributed by atoms with van der Waals surface area (Å²) in [7, 11) is -3.48. The van der Waals surface area contributed by atoms with Crippen LogP contribution in [0.15, 0.2) is 42.5 Å². The Morgan fingerprint density at radius 1 is 1.10 bits per heavy atom. The van der Waals surface area contributed by atoms with Crippen LogP contribution in [0.2, 0.25) is 0 Å². The van der Waals surface area contributed by atoms with E-state index in [9.17, 15) is 8.42 Å². The Morgan fingerprint density at radius 2 is 1.80 bits per heavy atom. The molecule has 0 amide bonds. The second-order valence-corrected chi connectivity index (χ2v) is 6.60. The second-order valence-electron chi connectivity index (χ2n) is 4.88. The van der Waals surface area contributed by atoms with E-state index in [1.54, 1.807) is 30.3 Å². The van der Waals surface area contributed by atoms with E-state index < -0.39 is 10.0 Å². The molecule has 0 fully saturated rings. The van der Waals surface area contributed by atoms with Gasteiger partial charge in [0.25, 0.3) is 0 Å². The predicted molar refractivity (Wildman–Crippen MR) is 83.0 cm³/mol. The Labute approximate surface area is 119 Å². The zero-order chi connectivity index (χ0) is 14.8. The van der Waals surface area contributed by atoms with Crippen LogP contribution in [0, 0.1) is 13.8 Å². The Kier molecular flexibility index (Phi) is 3.99. The first-order valence-electron chi connectivity index (χ1n) is 6.28. The van der Waals surface area contributed by atoms with Gasteiger partial charge in [-0.25, -0.2) is 8.42 Å². The third-order valence-electron chi connectivity index (χ3n) is 3.05. The summed E-state index contributed by atoms with van der Waals surface area (Å²) in [4.78, 5) is 0. The predicted octanol–water partition coefficient (Wildman–Crippen LogP) is 2.83. The number of hydrogen-bond acceptors (Lipinski definition) is 3. The van der Waals surface area contributed by atoms with E-state index in [-0.39, 0.29) is 5.75 Å². The van der Waals surface area contributed by atoms with Crippen molar-refractivity contribution in [2.45, 2.75) is 19.6 Å². The van der Waals surface area contributed by atoms with E-state index >= 15 is 0 Å². The molecule has 0 unspecified atom stereocenters. The number of aryl methyl sites for hydroxylation is 2. The summed E-state index contributed by atoms with van der Waals surface area (Å²) < 4.78 is 27.0. The lowest BCUT2D eigenvalue weighted by molar-refractivity contribution is 0.600. The van der Waals surface area contributed by atoms with Crippen molar-refractivity contribution in [3.63, 3.8) is 0 Å². The van der Waals surface area contributed by atoms with Crippen molar-refractivity contribution < 1.29 is 8.42 Å². The minimum atomic E-state index is -3.48. The van der Waals surface area contributed by atoms with Gasteiger partial charge in [0.05, 0.1) is 11.4 Å². The van der Waals surface area contributed by atoms with Crippen molar-refractivity contribution in [1.82, 2.24) is 0 Å². The van der Waals surface area contributed by atoms with Gasteiger partial charge in [-0.05, 0) is 37.1 Å². The minimum Gasteiger partial charge on any atom is -0.398 e. The summed E-state index contributed by atoms with van der Waals surface area (Å²) in [6.45, 7) is 3.84. The van der Waals surface area contributed by atoms with Crippen LogP contribution in [0.4, 0.5) is 11.4 Å². The van der Waals surface area contributed by atoms with Gasteiger partial charge in [0, 0.05) is 5.69 Å². The molecule has 20 heavy (non-hydrogen) atoms. The zero-order valence-electron chi connectivity index (χ0n) is 11.6. The molecule has 0 aliphatic carbocycles. The first-order chi connectivity index (χ1) is 9.37. The molecule has 3 N–H and O–H groups in total. The standard InChI is InChI=1S/C15H18N2O2S/c1-11-7-8-15(12(2)9-11)17-20(18,19)10-13-5-3-4-6-14(13)16/h3-9,17H,10,16H2,1-2H3. The molecule has 106 valence electrons. The largest absolute Gasteiger partial charge is 0.398 e. The Hall–Kier alpha value is -2.01. The second kappa shape index (κ2) is 5.54. The molecule has 5 heteroatoms. The Bertz CT molecular complexity index is 724. The fourth-order valence-electron chi connectivity index (χ4n) is 2.00. The molecule has 2 rings (SSSR count). The molecule has 0 aliphatic rings. The minimum absolute atomic E-state index is 0.132. The summed E-state index contributed by atoms with van der Waals surface area (Å²) in [6.07, 6.45) is 0. The molecule has 0 bridgehead atoms. The van der Waals surface area contributed by atoms with Crippen LogP contribution in [-0.2, 0) is 15.8 Å². The van der Waals surface area contributed by atoms with Gasteiger partial charge in [0.15, 0.2) is 0 Å². The van der Waals surface area contributed by atoms with Gasteiger partial charge >= 0.3 is 0 Å². The lowest BCUT2D eigenvalue weighted by Gasteiger charge is -2.12. The average molecular weight is 290 g/mol. The number of anilines is 2. The van der Waals surface area contributed by atoms with Gasteiger partial charge in [-0.1, -0.05) is 35.9 Å². The summed E-state index contributed by atoms with van der Waals surface area (Å²) >= 11 is 0. The lowest BCUT2D eigenvalue weighted by atomic mass is 10.1. The first kappa shape index (κ1) is 14.4. The summed E-state index contributed by atoms with van der Waals surface area (Å²) in [5, 5.41) is 0. The Balaban J connectivity index is 2.22. The molecule has 2 aromatic carbocycles. The SMILES string of the molecule is Cc1ccc(NS(=O)(=O)Cc2ccccc2N)c(C)c1. The number of hydrogen-bond donors (Lipinski definition) is 2. The number of nitrogens with two attached hydrogens (primary N) is 1. The maximum atomic E-state index is 12.2. The molecular formula is C15H18N2O2S. The van der Waals surface area contributed by atoms with Gasteiger partial charge in [-0.3, -0.25) is 4.72 Å². The fraction of sp³-hybridized carbons (Fsp3) is 0.200. The molecule has 0 heterocycles. The van der Waals surface area contributed by atoms with Crippen LogP contribution in [-0.4, -0.2) is 8.42 Å². The van der Waals surface area contributed by atoms with Crippen molar-refractivity contribution in [2.75, 3.05) is 10.5 Å². The number of nitrogens with one attached hydrogen (secondary N) is 1. The van der Waals surface area contributed by atoms with Gasteiger partial charge in [0.2, 0.25) is 10.0 Å². The maximum absolute atomic E-state index is 12.2. The van der Waals surface area contributed by atoms with Crippen LogP contribution >= 0.6 is 0 Å². The van der Waals surface area contributed by atoms with Crippen LogP contribution in [0.25, 0.3) is 0 Å². The third kappa shape index (κ3) is 3.51. The zero-order valence-corrected chi connectivity index (χ0v) is 12.4. The van der Waals surface area contributed by atoms with Crippen LogP contribution in [0.1, 0.15) is 16.7 Å². The molecule has 0 saturated heterocycles. The molecule has 0 spiro atoms. The lowest BCUT2D eigenvalue weighted by Crippen LogP contribution is -2.16. The molecular weight excluding hydrogens is 272 g/mol. The molecule has 0 saturated carbocycles. The molecule has 0 aliphatic heterocycles. The van der Waals surface area contributed by atoms with E-state index in [4.69, 9.17) is 5.73 Å². The third-order valence-corrected chi connectivity index (χ3v) is 4.27. The quantitative estimate of drug-likeness (QED) is 0.850. The van der Waals surface area contributed by atoms with Crippen molar-refractivity contribution in [3.8, 4) is 0 Å². The van der Waals surface area contributed by atoms with E-state index in [1.807, 2.05) is 26.0 Å². The van der Waals surface area contributed by atoms with Crippen LogP contribution < -0.4 is 10.5 Å². The topological polar surface area (TPSA) is 72.2 Å². The first-order valence-corrected chi connectivity index (χ1v) is 7.94. The normalized spacial score (nSPS) is 11.3. The number of benzene rings is 2. The van der Waals surface area contributed by atoms with Crippen LogP contribution in [0.3, 0.4) is 0 Å². The highest BCUT2D eigenvalue weighted by molar-refractivity contribution is 7.91. The van der Waals surface area contributed by atoms with Gasteiger partial charge in [-0.15, -0.1) is 0 Å². The van der Waals surface area contributed by atoms with Crippen molar-refractivity contribution in [1.29, 1.82) is 0 Å². The van der Waals surface area contributed by atoms with E-state index in [1.165, 1.54) is 0 Å². The van der Waals surface area contributed by atoms with Crippen LogP contribution in [0.5, 0.6) is 0 Å². The van der Waals surface area contributed by atoms with Gasteiger partial charge < -0.3 is 5.73 Å². The maximum Gasteiger partial charge on any atom is 0.237 e. The number of sulfonamides is 1. The summed E-state index contributed by atoms with van der Waals surface area (Å²) in [5.41, 5.74) is 9.46. The van der Waals surface area contributed by atoms with Gasteiger partial charge in [-0.2, -0.15) is 0 Å². The summed E-state index contributed by atoms with van der Waals surface area (Å²) in [5.74, 6) is -0.132. The van der Waals surface area contributed by atoms with Crippen molar-refractivity contribution in [3.05, 3.63) is 59.2 Å². The number of para-hydroxylation sites is 1. The fourth-order valence-corrected chi connectivity index (χ4v) is 3.31. The molecule has 0 aromatic heterocycles. The average Bonchev–Trinajstić information content (AvgIpc) is 2.35. The van der Waals surface area contributed by atoms with E-state index in [2.05, 4.69) is 4.72 Å². The molecule has 2 aromatic rings. The smallest absolute Gasteiger partial charge is 0.237 e.